The van der Waals surface area contributed by atoms with Crippen LogP contribution < -0.4 is 21.4 Å². The van der Waals surface area contributed by atoms with Crippen LogP contribution in [0.1, 0.15) is 19.4 Å². The minimum atomic E-state index is -0.920. The molecule has 3 rings (SSSR count). The van der Waals surface area contributed by atoms with Gasteiger partial charge in [0.2, 0.25) is 5.95 Å². The third kappa shape index (κ3) is 6.81. The molecule has 0 atom stereocenters. The quantitative estimate of drug-likeness (QED) is 0.358. The summed E-state index contributed by atoms with van der Waals surface area (Å²) in [6.45, 7) is 2.63. The number of aromatic nitrogens is 3. The highest BCUT2D eigenvalue weighted by molar-refractivity contribution is 6.30. The fourth-order valence-corrected chi connectivity index (χ4v) is 3.52. The Morgan fingerprint density at radius 2 is 1.72 bits per heavy atom. The van der Waals surface area contributed by atoms with Crippen molar-refractivity contribution in [2.24, 2.45) is 16.3 Å². The summed E-state index contributed by atoms with van der Waals surface area (Å²) in [5, 5.41) is 8.82. The van der Waals surface area contributed by atoms with Crippen LogP contribution in [-0.2, 0) is 13.1 Å². The molecule has 0 fully saturated rings. The predicted molar refractivity (Wildman–Crippen MR) is 134 cm³/mol. The lowest BCUT2D eigenvalue weighted by atomic mass is 10.1. The number of halogens is 2. The van der Waals surface area contributed by atoms with E-state index in [2.05, 4.69) is 20.7 Å². The standard InChI is InChI=1S/C23H24ClFN6O5/c1-14(2)36-20-8-7-18(9-19(20)25)28-21-29-22(32)31(13-16(10-26-34)11-27-35)23(33)30(21)12-15-3-5-17(24)6-4-15/h3-9,14,16H,10-13H2,1-2H3,(H,28,29,32). The summed E-state index contributed by atoms with van der Waals surface area (Å²) < 4.78 is 21.9. The molecule has 13 heteroatoms. The van der Waals surface area contributed by atoms with E-state index in [0.29, 0.717) is 10.6 Å². The van der Waals surface area contributed by atoms with Crippen LogP contribution in [0.25, 0.3) is 0 Å². The monoisotopic (exact) mass is 518 g/mol. The lowest BCUT2D eigenvalue weighted by Crippen LogP contribution is -2.44. The van der Waals surface area contributed by atoms with E-state index in [1.165, 1.54) is 16.7 Å². The van der Waals surface area contributed by atoms with Crippen molar-refractivity contribution in [3.05, 3.63) is 89.7 Å². The van der Waals surface area contributed by atoms with Gasteiger partial charge in [0.15, 0.2) is 11.6 Å². The third-order valence-corrected chi connectivity index (χ3v) is 5.31. The maximum atomic E-state index is 14.5. The second-order valence-electron chi connectivity index (χ2n) is 8.25. The van der Waals surface area contributed by atoms with E-state index in [4.69, 9.17) is 16.3 Å². The molecule has 0 saturated carbocycles. The maximum absolute atomic E-state index is 14.5. The van der Waals surface area contributed by atoms with Crippen molar-refractivity contribution in [3.63, 3.8) is 0 Å². The van der Waals surface area contributed by atoms with Crippen molar-refractivity contribution < 1.29 is 9.13 Å². The molecule has 2 aromatic carbocycles. The minimum Gasteiger partial charge on any atom is -0.488 e. The Kier molecular flexibility index (Phi) is 9.01. The number of hydrogen-bond donors (Lipinski definition) is 1. The van der Waals surface area contributed by atoms with Crippen molar-refractivity contribution in [1.82, 2.24) is 14.1 Å². The minimum absolute atomic E-state index is 0.00876. The molecule has 11 nitrogen and oxygen atoms in total. The van der Waals surface area contributed by atoms with Crippen LogP contribution in [0, 0.1) is 21.5 Å². The average Bonchev–Trinajstić information content (AvgIpc) is 2.82. The van der Waals surface area contributed by atoms with Crippen LogP contribution in [0.5, 0.6) is 5.75 Å². The molecule has 0 aliphatic rings. The number of nitroso groups, excluding NO2 is 2. The summed E-state index contributed by atoms with van der Waals surface area (Å²) in [6.07, 6.45) is -0.232. The maximum Gasteiger partial charge on any atom is 0.354 e. The van der Waals surface area contributed by atoms with Gasteiger partial charge >= 0.3 is 11.4 Å². The average molecular weight is 519 g/mol. The Morgan fingerprint density at radius 3 is 2.31 bits per heavy atom. The smallest absolute Gasteiger partial charge is 0.354 e. The number of hydrogen-bond acceptors (Lipinski definition) is 9. The molecule has 36 heavy (non-hydrogen) atoms. The zero-order valence-corrected chi connectivity index (χ0v) is 20.3. The van der Waals surface area contributed by atoms with Gasteiger partial charge < -0.3 is 10.1 Å². The van der Waals surface area contributed by atoms with Crippen LogP contribution in [0.15, 0.2) is 62.4 Å². The molecule has 1 N–H and O–H groups in total. The van der Waals surface area contributed by atoms with E-state index in [1.807, 2.05) is 0 Å². The van der Waals surface area contributed by atoms with Crippen LogP contribution in [0.2, 0.25) is 5.02 Å². The number of nitrogens with one attached hydrogen (secondary N) is 1. The zero-order chi connectivity index (χ0) is 26.2. The van der Waals surface area contributed by atoms with E-state index >= 15 is 0 Å². The highest BCUT2D eigenvalue weighted by Crippen LogP contribution is 2.24. The fraction of sp³-hybridized carbons (Fsp3) is 0.348. The highest BCUT2D eigenvalue weighted by atomic mass is 35.5. The Balaban J connectivity index is 2.05. The van der Waals surface area contributed by atoms with Gasteiger partial charge in [0.1, 0.15) is 0 Å². The van der Waals surface area contributed by atoms with Gasteiger partial charge in [0.25, 0.3) is 0 Å². The van der Waals surface area contributed by atoms with Gasteiger partial charge in [-0.25, -0.2) is 18.5 Å². The van der Waals surface area contributed by atoms with Gasteiger partial charge in [0.05, 0.1) is 25.7 Å². The predicted octanol–water partition coefficient (Wildman–Crippen LogP) is 3.93. The Morgan fingerprint density at radius 1 is 1.06 bits per heavy atom. The number of benzene rings is 2. The number of anilines is 2. The van der Waals surface area contributed by atoms with E-state index in [9.17, 15) is 23.8 Å². The first kappa shape index (κ1) is 26.7. The van der Waals surface area contributed by atoms with Crippen LogP contribution in [-0.4, -0.2) is 33.3 Å². The molecular weight excluding hydrogens is 495 g/mol. The molecule has 3 aromatic rings. The van der Waals surface area contributed by atoms with E-state index in [1.54, 1.807) is 38.1 Å². The summed E-state index contributed by atoms with van der Waals surface area (Å²) in [4.78, 5) is 51.5. The molecule has 0 bridgehead atoms. The lowest BCUT2D eigenvalue weighted by Gasteiger charge is -2.18. The third-order valence-electron chi connectivity index (χ3n) is 5.06. The molecule has 0 unspecified atom stereocenters. The fourth-order valence-electron chi connectivity index (χ4n) is 3.40. The van der Waals surface area contributed by atoms with Crippen molar-refractivity contribution in [1.29, 1.82) is 0 Å². The largest absolute Gasteiger partial charge is 0.488 e. The first-order valence-corrected chi connectivity index (χ1v) is 11.4. The van der Waals surface area contributed by atoms with Gasteiger partial charge in [-0.15, -0.1) is 0 Å². The van der Waals surface area contributed by atoms with Crippen molar-refractivity contribution >= 4 is 23.2 Å². The van der Waals surface area contributed by atoms with Gasteiger partial charge in [0, 0.05) is 29.2 Å². The highest BCUT2D eigenvalue weighted by Gasteiger charge is 2.19. The second kappa shape index (κ2) is 12.2. The SMILES string of the molecule is CC(C)Oc1ccc(Nc2nc(=O)n(CC(CN=O)CN=O)c(=O)n2Cc2ccc(Cl)cc2)cc1F. The summed E-state index contributed by atoms with van der Waals surface area (Å²) >= 11 is 5.95. The summed E-state index contributed by atoms with van der Waals surface area (Å²) in [7, 11) is 0. The van der Waals surface area contributed by atoms with E-state index in [0.717, 1.165) is 10.6 Å². The van der Waals surface area contributed by atoms with E-state index in [-0.39, 0.29) is 49.7 Å². The van der Waals surface area contributed by atoms with Gasteiger partial charge in [-0.1, -0.05) is 34.1 Å². The molecule has 0 aliphatic carbocycles. The first-order chi connectivity index (χ1) is 17.2. The Hall–Kier alpha value is -3.93. The molecule has 0 saturated heterocycles. The topological polar surface area (TPSA) is 137 Å². The molecule has 0 radical (unpaired) electrons. The molecule has 0 amide bonds. The second-order valence-corrected chi connectivity index (χ2v) is 8.69. The Labute approximate surface area is 209 Å². The van der Waals surface area contributed by atoms with Crippen LogP contribution >= 0.6 is 11.6 Å². The summed E-state index contributed by atoms with van der Waals surface area (Å²) in [5.74, 6) is -1.47. The number of rotatable bonds is 12. The number of ether oxygens (including phenoxy) is 1. The van der Waals surface area contributed by atoms with Crippen molar-refractivity contribution in [2.45, 2.75) is 33.0 Å². The first-order valence-electron chi connectivity index (χ1n) is 11.0. The summed E-state index contributed by atoms with van der Waals surface area (Å²) in [5.41, 5.74) is -0.777. The Bertz CT molecular complexity index is 1330. The van der Waals surface area contributed by atoms with Gasteiger partial charge in [-0.3, -0.25) is 4.57 Å². The van der Waals surface area contributed by atoms with E-state index < -0.39 is 23.1 Å². The van der Waals surface area contributed by atoms with Crippen LogP contribution in [0.4, 0.5) is 16.0 Å². The molecule has 0 aliphatic heterocycles. The normalized spacial score (nSPS) is 11.1. The molecule has 1 heterocycles. The molecular formula is C23H24ClFN6O5. The van der Waals surface area contributed by atoms with Gasteiger partial charge in [-0.05, 0) is 43.7 Å². The zero-order valence-electron chi connectivity index (χ0n) is 19.6. The van der Waals surface area contributed by atoms with Crippen molar-refractivity contribution in [3.8, 4) is 5.75 Å². The molecule has 1 aromatic heterocycles. The van der Waals surface area contributed by atoms with Crippen molar-refractivity contribution in [2.75, 3.05) is 18.4 Å². The lowest BCUT2D eigenvalue weighted by molar-refractivity contribution is 0.231. The summed E-state index contributed by atoms with van der Waals surface area (Å²) in [6, 6.07) is 10.8. The van der Waals surface area contributed by atoms with Gasteiger partial charge in [-0.2, -0.15) is 14.8 Å². The molecule has 190 valence electrons. The van der Waals surface area contributed by atoms with Crippen LogP contribution in [0.3, 0.4) is 0 Å². The molecule has 0 spiro atoms. The number of nitrogens with zero attached hydrogens (tertiary/aromatic N) is 5.